The summed E-state index contributed by atoms with van der Waals surface area (Å²) < 4.78 is 6.88. The van der Waals surface area contributed by atoms with Crippen molar-refractivity contribution in [3.05, 3.63) is 65.2 Å². The minimum absolute atomic E-state index is 0.141. The fourth-order valence-corrected chi connectivity index (χ4v) is 2.48. The van der Waals surface area contributed by atoms with Crippen molar-refractivity contribution in [2.24, 2.45) is 12.0 Å². The highest BCUT2D eigenvalue weighted by Crippen LogP contribution is 2.30. The van der Waals surface area contributed by atoms with Crippen molar-refractivity contribution in [3.8, 4) is 5.75 Å². The van der Waals surface area contributed by atoms with Crippen LogP contribution < -0.4 is 4.74 Å². The van der Waals surface area contributed by atoms with E-state index in [2.05, 4.69) is 21.5 Å². The minimum Gasteiger partial charge on any atom is -0.434 e. The summed E-state index contributed by atoms with van der Waals surface area (Å²) >= 11 is 0. The SMILES string of the molecule is C1CN2CC12.C=CN=C(Oc1ccccc1)c1ncc([N+](=O)[O-])n1C. The van der Waals surface area contributed by atoms with Crippen LogP contribution in [0.25, 0.3) is 0 Å². The molecule has 4 rings (SSSR count). The van der Waals surface area contributed by atoms with Crippen molar-refractivity contribution in [1.82, 2.24) is 14.5 Å². The van der Waals surface area contributed by atoms with Crippen molar-refractivity contribution < 1.29 is 9.66 Å². The lowest BCUT2D eigenvalue weighted by atomic mass is 10.3. The maximum absolute atomic E-state index is 10.8. The molecule has 0 radical (unpaired) electrons. The van der Waals surface area contributed by atoms with Gasteiger partial charge in [-0.25, -0.2) is 14.5 Å². The van der Waals surface area contributed by atoms with Gasteiger partial charge in [0.25, 0.3) is 11.7 Å². The Balaban J connectivity index is 0.000000304. The normalized spacial score (nSPS) is 20.4. The number of aliphatic imine (C=N–C) groups is 1. The smallest absolute Gasteiger partial charge is 0.343 e. The van der Waals surface area contributed by atoms with Crippen LogP contribution in [0.2, 0.25) is 0 Å². The quantitative estimate of drug-likeness (QED) is 0.280. The highest BCUT2D eigenvalue weighted by atomic mass is 16.6. The number of hydrogen-bond donors (Lipinski definition) is 0. The molecule has 2 aromatic rings. The van der Waals surface area contributed by atoms with Crippen LogP contribution in [0.3, 0.4) is 0 Å². The van der Waals surface area contributed by atoms with Crippen LogP contribution in [0.5, 0.6) is 5.75 Å². The molecule has 2 saturated heterocycles. The highest BCUT2D eigenvalue weighted by Gasteiger charge is 2.41. The summed E-state index contributed by atoms with van der Waals surface area (Å²) in [5.74, 6) is 0.800. The van der Waals surface area contributed by atoms with Crippen LogP contribution in [-0.2, 0) is 7.05 Å². The first-order chi connectivity index (χ1) is 12.1. The number of para-hydroxylation sites is 1. The molecule has 2 fully saturated rings. The summed E-state index contributed by atoms with van der Waals surface area (Å²) in [4.78, 5) is 20.7. The van der Waals surface area contributed by atoms with Gasteiger partial charge in [-0.1, -0.05) is 24.8 Å². The number of imidazole rings is 1. The van der Waals surface area contributed by atoms with Crippen molar-refractivity contribution in [2.75, 3.05) is 13.1 Å². The molecule has 0 saturated carbocycles. The lowest BCUT2D eigenvalue weighted by molar-refractivity contribution is -0.391. The Morgan fingerprint density at radius 2 is 2.20 bits per heavy atom. The van der Waals surface area contributed by atoms with Crippen LogP contribution in [-0.4, -0.2) is 44.4 Å². The number of aromatic nitrogens is 2. The lowest BCUT2D eigenvalue weighted by Gasteiger charge is -2.08. The Morgan fingerprint density at radius 3 is 2.64 bits per heavy atom. The predicted molar refractivity (Wildman–Crippen MR) is 93.6 cm³/mol. The first-order valence-corrected chi connectivity index (χ1v) is 7.92. The maximum atomic E-state index is 10.8. The third-order valence-electron chi connectivity index (χ3n) is 4.09. The van der Waals surface area contributed by atoms with Crippen molar-refractivity contribution in [1.29, 1.82) is 0 Å². The molecule has 1 aromatic carbocycles. The van der Waals surface area contributed by atoms with E-state index in [1.165, 1.54) is 37.3 Å². The monoisotopic (exact) mass is 341 g/mol. The molecule has 1 aromatic heterocycles. The second-order valence-electron chi connectivity index (χ2n) is 5.73. The second kappa shape index (κ2) is 7.27. The van der Waals surface area contributed by atoms with E-state index in [0.29, 0.717) is 5.75 Å². The largest absolute Gasteiger partial charge is 0.434 e. The van der Waals surface area contributed by atoms with Gasteiger partial charge in [-0.15, -0.1) is 0 Å². The van der Waals surface area contributed by atoms with Gasteiger partial charge >= 0.3 is 5.82 Å². The summed E-state index contributed by atoms with van der Waals surface area (Å²) in [6.07, 6.45) is 3.93. The third kappa shape index (κ3) is 3.92. The van der Waals surface area contributed by atoms with Gasteiger partial charge in [-0.3, -0.25) is 4.90 Å². The average Bonchev–Trinajstić information content (AvgIpc) is 2.99. The summed E-state index contributed by atoms with van der Waals surface area (Å²) in [6, 6.07) is 10.0. The number of fused-ring (bicyclic) bond motifs is 1. The Morgan fingerprint density at radius 1 is 1.48 bits per heavy atom. The predicted octanol–water partition coefficient (Wildman–Crippen LogP) is 2.37. The van der Waals surface area contributed by atoms with E-state index in [1.54, 1.807) is 12.1 Å². The molecule has 2 aliphatic heterocycles. The fraction of sp³-hybridized carbons (Fsp3) is 0.294. The van der Waals surface area contributed by atoms with E-state index in [1.807, 2.05) is 18.2 Å². The molecule has 2 atom stereocenters. The average molecular weight is 341 g/mol. The third-order valence-corrected chi connectivity index (χ3v) is 4.09. The standard InChI is InChI=1S/C13H12N4O3.C4H7N/c1-3-14-13(20-10-7-5-4-6-8-10)12-15-9-11(16(12)2)17(18)19;1-2-5-3-4(1)5/h3-9H,1H2,2H3;4H,1-3H2. The summed E-state index contributed by atoms with van der Waals surface area (Å²) in [6.45, 7) is 6.31. The minimum atomic E-state index is -0.523. The van der Waals surface area contributed by atoms with Gasteiger partial charge in [0.1, 0.15) is 11.9 Å². The van der Waals surface area contributed by atoms with Gasteiger partial charge < -0.3 is 14.9 Å². The molecule has 0 amide bonds. The molecule has 0 bridgehead atoms. The molecule has 8 heteroatoms. The molecule has 0 spiro atoms. The Labute approximate surface area is 145 Å². The molecular weight excluding hydrogens is 322 g/mol. The molecule has 25 heavy (non-hydrogen) atoms. The number of benzene rings is 1. The topological polar surface area (TPSA) is 85.6 Å². The highest BCUT2D eigenvalue weighted by molar-refractivity contribution is 5.93. The molecule has 0 N–H and O–H groups in total. The van der Waals surface area contributed by atoms with Gasteiger partial charge in [0.05, 0.1) is 7.05 Å². The van der Waals surface area contributed by atoms with Crippen molar-refractivity contribution >= 4 is 11.7 Å². The van der Waals surface area contributed by atoms with E-state index in [4.69, 9.17) is 4.74 Å². The second-order valence-corrected chi connectivity index (χ2v) is 5.73. The number of hydrogen-bond acceptors (Lipinski definition) is 6. The van der Waals surface area contributed by atoms with Crippen LogP contribution in [0.1, 0.15) is 12.2 Å². The van der Waals surface area contributed by atoms with Crippen LogP contribution >= 0.6 is 0 Å². The Kier molecular flexibility index (Phi) is 4.90. The number of ether oxygens (including phenoxy) is 1. The zero-order valence-electron chi connectivity index (χ0n) is 13.9. The number of rotatable bonds is 4. The first-order valence-electron chi connectivity index (χ1n) is 7.92. The molecule has 0 aliphatic carbocycles. The summed E-state index contributed by atoms with van der Waals surface area (Å²) in [5, 5.41) is 10.8. The molecule has 8 nitrogen and oxygen atoms in total. The van der Waals surface area contributed by atoms with Crippen LogP contribution in [0, 0.1) is 10.1 Å². The summed E-state index contributed by atoms with van der Waals surface area (Å²) in [7, 11) is 1.52. The van der Waals surface area contributed by atoms with Gasteiger partial charge in [-0.2, -0.15) is 0 Å². The number of nitrogens with zero attached hydrogens (tertiary/aromatic N) is 5. The van der Waals surface area contributed by atoms with E-state index < -0.39 is 4.92 Å². The Hall–Kier alpha value is -3.00. The van der Waals surface area contributed by atoms with Crippen LogP contribution in [0.15, 0.2) is 54.3 Å². The van der Waals surface area contributed by atoms with E-state index in [0.717, 1.165) is 12.2 Å². The number of nitro groups is 1. The van der Waals surface area contributed by atoms with Crippen LogP contribution in [0.4, 0.5) is 5.82 Å². The first kappa shape index (κ1) is 16.8. The maximum Gasteiger partial charge on any atom is 0.343 e. The molecule has 130 valence electrons. The van der Waals surface area contributed by atoms with Gasteiger partial charge in [0.2, 0.25) is 0 Å². The zero-order valence-corrected chi connectivity index (χ0v) is 13.9. The fourth-order valence-electron chi connectivity index (χ4n) is 2.48. The molecule has 2 aliphatic rings. The Bertz CT molecular complexity index is 788. The van der Waals surface area contributed by atoms with Crippen molar-refractivity contribution in [2.45, 2.75) is 12.5 Å². The molecular formula is C17H19N5O3. The van der Waals surface area contributed by atoms with Gasteiger partial charge in [0, 0.05) is 25.3 Å². The van der Waals surface area contributed by atoms with E-state index >= 15 is 0 Å². The van der Waals surface area contributed by atoms with Gasteiger partial charge in [0.15, 0.2) is 0 Å². The lowest BCUT2D eigenvalue weighted by Crippen LogP contribution is -2.16. The van der Waals surface area contributed by atoms with E-state index in [9.17, 15) is 10.1 Å². The molecule has 3 heterocycles. The summed E-state index contributed by atoms with van der Waals surface area (Å²) in [5.41, 5.74) is 0. The molecule has 2 unspecified atom stereocenters. The van der Waals surface area contributed by atoms with Crippen molar-refractivity contribution in [3.63, 3.8) is 0 Å². The van der Waals surface area contributed by atoms with E-state index in [-0.39, 0.29) is 17.5 Å². The zero-order chi connectivity index (χ0) is 17.8. The van der Waals surface area contributed by atoms with Gasteiger partial charge in [-0.05, 0) is 23.5 Å².